The summed E-state index contributed by atoms with van der Waals surface area (Å²) in [5, 5.41) is 10.2. The minimum atomic E-state index is -0.133. The molecule has 3 rings (SSSR count). The van der Waals surface area contributed by atoms with Crippen LogP contribution in [0, 0.1) is 11.8 Å². The Balaban J connectivity index is 1.69. The summed E-state index contributed by atoms with van der Waals surface area (Å²) in [5.74, 6) is 0.714. The number of hydrogen-bond donors (Lipinski definition) is 2. The maximum atomic E-state index is 12.7. The number of hydrogen-bond acceptors (Lipinski definition) is 4. The summed E-state index contributed by atoms with van der Waals surface area (Å²) in [6.45, 7) is 2.29. The summed E-state index contributed by atoms with van der Waals surface area (Å²) in [5.41, 5.74) is 1.42. The van der Waals surface area contributed by atoms with Gasteiger partial charge in [0.2, 0.25) is 5.91 Å². The van der Waals surface area contributed by atoms with Crippen LogP contribution < -0.4 is 10.6 Å². The molecule has 7 heteroatoms. The second-order valence-corrected chi connectivity index (χ2v) is 7.26. The molecule has 27 heavy (non-hydrogen) atoms. The Morgan fingerprint density at radius 3 is 2.56 bits per heavy atom. The molecule has 0 aliphatic heterocycles. The summed E-state index contributed by atoms with van der Waals surface area (Å²) in [6, 6.07) is 7.39. The van der Waals surface area contributed by atoms with E-state index in [1.165, 1.54) is 0 Å². The van der Waals surface area contributed by atoms with Crippen molar-refractivity contribution in [2.45, 2.75) is 38.6 Å². The molecule has 1 fully saturated rings. The van der Waals surface area contributed by atoms with Crippen LogP contribution in [0.4, 0.5) is 0 Å². The second-order valence-electron chi connectivity index (χ2n) is 7.26. The zero-order valence-electron chi connectivity index (χ0n) is 15.9. The fourth-order valence-electron chi connectivity index (χ4n) is 3.82. The van der Waals surface area contributed by atoms with Crippen LogP contribution in [-0.4, -0.2) is 33.1 Å². The lowest BCUT2D eigenvalue weighted by atomic mass is 9.77. The van der Waals surface area contributed by atoms with Crippen LogP contribution in [0.2, 0.25) is 0 Å². The number of nitrogens with zero attached hydrogens (tertiary/aromatic N) is 3. The summed E-state index contributed by atoms with van der Waals surface area (Å²) < 4.78 is 1.58. The first-order chi connectivity index (χ1) is 13.0. The molecule has 2 aromatic heterocycles. The van der Waals surface area contributed by atoms with Crippen molar-refractivity contribution in [3.63, 3.8) is 0 Å². The standard InChI is InChI=1S/C20H27N5O2/c1-14(26)22-13-15-6-8-16(9-7-15)19(17-5-3-4-11-21-17)24-20(27)18-10-12-23-25(18)2/h3-5,10-12,15-16,19H,6-9,13H2,1-2H3,(H,22,26)(H,24,27). The van der Waals surface area contributed by atoms with E-state index in [0.29, 0.717) is 17.5 Å². The predicted molar refractivity (Wildman–Crippen MR) is 102 cm³/mol. The highest BCUT2D eigenvalue weighted by atomic mass is 16.2. The van der Waals surface area contributed by atoms with E-state index >= 15 is 0 Å². The third kappa shape index (κ3) is 4.93. The first-order valence-electron chi connectivity index (χ1n) is 9.49. The summed E-state index contributed by atoms with van der Waals surface area (Å²) in [4.78, 5) is 28.4. The molecule has 1 aliphatic carbocycles. The van der Waals surface area contributed by atoms with E-state index in [1.807, 2.05) is 18.2 Å². The Labute approximate surface area is 159 Å². The van der Waals surface area contributed by atoms with Crippen LogP contribution in [0.15, 0.2) is 36.7 Å². The molecule has 0 aromatic carbocycles. The van der Waals surface area contributed by atoms with Crippen molar-refractivity contribution in [1.82, 2.24) is 25.4 Å². The molecule has 2 aromatic rings. The van der Waals surface area contributed by atoms with Gasteiger partial charge in [-0.25, -0.2) is 0 Å². The molecule has 0 saturated heterocycles. The Morgan fingerprint density at radius 1 is 1.19 bits per heavy atom. The Hall–Kier alpha value is -2.70. The molecule has 2 amide bonds. The van der Waals surface area contributed by atoms with Gasteiger partial charge in [-0.2, -0.15) is 5.10 Å². The molecule has 0 radical (unpaired) electrons. The van der Waals surface area contributed by atoms with Crippen molar-refractivity contribution in [2.75, 3.05) is 6.54 Å². The average molecular weight is 369 g/mol. The number of carbonyl (C=O) groups is 2. The van der Waals surface area contributed by atoms with E-state index in [-0.39, 0.29) is 17.9 Å². The number of rotatable bonds is 6. The van der Waals surface area contributed by atoms with E-state index in [0.717, 1.165) is 37.9 Å². The van der Waals surface area contributed by atoms with Gasteiger partial charge in [0.25, 0.3) is 5.91 Å². The van der Waals surface area contributed by atoms with Gasteiger partial charge in [-0.15, -0.1) is 0 Å². The first kappa shape index (κ1) is 19.1. The Morgan fingerprint density at radius 2 is 1.96 bits per heavy atom. The van der Waals surface area contributed by atoms with Gasteiger partial charge in [0.15, 0.2) is 0 Å². The molecule has 7 nitrogen and oxygen atoms in total. The van der Waals surface area contributed by atoms with Crippen molar-refractivity contribution in [1.29, 1.82) is 0 Å². The van der Waals surface area contributed by atoms with Gasteiger partial charge in [-0.05, 0) is 55.7 Å². The highest BCUT2D eigenvalue weighted by Gasteiger charge is 2.31. The Bertz CT molecular complexity index is 766. The largest absolute Gasteiger partial charge is 0.356 e. The molecule has 1 saturated carbocycles. The minimum Gasteiger partial charge on any atom is -0.356 e. The fourth-order valence-corrected chi connectivity index (χ4v) is 3.82. The summed E-state index contributed by atoms with van der Waals surface area (Å²) >= 11 is 0. The quantitative estimate of drug-likeness (QED) is 0.817. The van der Waals surface area contributed by atoms with E-state index in [1.54, 1.807) is 37.1 Å². The first-order valence-corrected chi connectivity index (χ1v) is 9.49. The van der Waals surface area contributed by atoms with Crippen LogP contribution >= 0.6 is 0 Å². The van der Waals surface area contributed by atoms with Gasteiger partial charge in [-0.1, -0.05) is 6.07 Å². The smallest absolute Gasteiger partial charge is 0.270 e. The zero-order valence-corrected chi connectivity index (χ0v) is 15.9. The normalized spacial score (nSPS) is 20.7. The monoisotopic (exact) mass is 369 g/mol. The molecule has 2 heterocycles. The molecule has 0 bridgehead atoms. The number of aromatic nitrogens is 3. The fraction of sp³-hybridized carbons (Fsp3) is 0.500. The van der Waals surface area contributed by atoms with Crippen molar-refractivity contribution in [2.24, 2.45) is 18.9 Å². The lowest BCUT2D eigenvalue weighted by Gasteiger charge is -2.34. The van der Waals surface area contributed by atoms with Crippen LogP contribution in [0.25, 0.3) is 0 Å². The van der Waals surface area contributed by atoms with Crippen LogP contribution in [0.5, 0.6) is 0 Å². The third-order valence-electron chi connectivity index (χ3n) is 5.35. The van der Waals surface area contributed by atoms with Crippen molar-refractivity contribution < 1.29 is 9.59 Å². The van der Waals surface area contributed by atoms with Gasteiger partial charge in [0, 0.05) is 32.9 Å². The van der Waals surface area contributed by atoms with E-state index in [2.05, 4.69) is 20.7 Å². The Kier molecular flexibility index (Phi) is 6.21. The maximum absolute atomic E-state index is 12.7. The SMILES string of the molecule is CC(=O)NCC1CCC(C(NC(=O)c2ccnn2C)c2ccccn2)CC1. The van der Waals surface area contributed by atoms with Gasteiger partial charge in [0.1, 0.15) is 5.69 Å². The average Bonchev–Trinajstić information content (AvgIpc) is 3.11. The van der Waals surface area contributed by atoms with E-state index in [4.69, 9.17) is 0 Å². The van der Waals surface area contributed by atoms with E-state index < -0.39 is 0 Å². The highest BCUT2D eigenvalue weighted by Crippen LogP contribution is 2.36. The predicted octanol–water partition coefficient (Wildman–Crippen LogP) is 2.23. The lowest BCUT2D eigenvalue weighted by Crippen LogP contribution is -2.37. The van der Waals surface area contributed by atoms with Crippen LogP contribution in [-0.2, 0) is 11.8 Å². The number of pyridine rings is 1. The van der Waals surface area contributed by atoms with Crippen LogP contribution in [0.1, 0.15) is 54.8 Å². The van der Waals surface area contributed by atoms with Crippen molar-refractivity contribution >= 4 is 11.8 Å². The van der Waals surface area contributed by atoms with Crippen LogP contribution in [0.3, 0.4) is 0 Å². The second kappa shape index (κ2) is 8.79. The van der Waals surface area contributed by atoms with Gasteiger partial charge in [-0.3, -0.25) is 19.3 Å². The van der Waals surface area contributed by atoms with E-state index in [9.17, 15) is 9.59 Å². The summed E-state index contributed by atoms with van der Waals surface area (Å²) in [7, 11) is 1.76. The van der Waals surface area contributed by atoms with Gasteiger partial charge < -0.3 is 10.6 Å². The van der Waals surface area contributed by atoms with Gasteiger partial charge >= 0.3 is 0 Å². The molecule has 0 spiro atoms. The lowest BCUT2D eigenvalue weighted by molar-refractivity contribution is -0.119. The molecular weight excluding hydrogens is 342 g/mol. The number of amides is 2. The maximum Gasteiger partial charge on any atom is 0.270 e. The number of carbonyl (C=O) groups excluding carboxylic acids is 2. The topological polar surface area (TPSA) is 88.9 Å². The molecule has 144 valence electrons. The molecule has 1 atom stereocenters. The number of aryl methyl sites for hydroxylation is 1. The zero-order chi connectivity index (χ0) is 19.2. The van der Waals surface area contributed by atoms with Crippen molar-refractivity contribution in [3.8, 4) is 0 Å². The summed E-state index contributed by atoms with van der Waals surface area (Å²) in [6.07, 6.45) is 7.46. The highest BCUT2D eigenvalue weighted by molar-refractivity contribution is 5.92. The van der Waals surface area contributed by atoms with Gasteiger partial charge in [0.05, 0.1) is 11.7 Å². The molecule has 1 aliphatic rings. The van der Waals surface area contributed by atoms with Crippen molar-refractivity contribution in [3.05, 3.63) is 48.0 Å². The minimum absolute atomic E-state index is 0.0203. The number of nitrogens with one attached hydrogen (secondary N) is 2. The third-order valence-corrected chi connectivity index (χ3v) is 5.35. The molecular formula is C20H27N5O2. The molecule has 1 unspecified atom stereocenters. The molecule has 2 N–H and O–H groups in total.